The summed E-state index contributed by atoms with van der Waals surface area (Å²) in [5.41, 5.74) is 9.48. The lowest BCUT2D eigenvalue weighted by molar-refractivity contribution is 1.65. The van der Waals surface area contributed by atoms with Gasteiger partial charge in [0.15, 0.2) is 0 Å². The third-order valence-corrected chi connectivity index (χ3v) is 5.77. The number of nitrogen functional groups attached to an aromatic ring is 1. The van der Waals surface area contributed by atoms with E-state index in [4.69, 9.17) is 5.73 Å². The number of hydrogen-bond acceptors (Lipinski definition) is 2. The SMILES string of the molecule is Nc1ccc2c(ccc3sc4ccccc4c32)c1-c1ccccc1. The van der Waals surface area contributed by atoms with Gasteiger partial charge < -0.3 is 5.73 Å². The van der Waals surface area contributed by atoms with Crippen molar-refractivity contribution < 1.29 is 0 Å². The summed E-state index contributed by atoms with van der Waals surface area (Å²) in [5, 5.41) is 5.16. The Labute approximate surface area is 144 Å². The van der Waals surface area contributed by atoms with Crippen molar-refractivity contribution in [1.82, 2.24) is 0 Å². The molecule has 5 aromatic rings. The molecule has 2 heteroatoms. The van der Waals surface area contributed by atoms with Crippen LogP contribution in [0.25, 0.3) is 42.1 Å². The second-order valence-electron chi connectivity index (χ2n) is 6.03. The molecule has 0 radical (unpaired) electrons. The van der Waals surface area contributed by atoms with Crippen molar-refractivity contribution in [3.05, 3.63) is 78.9 Å². The first kappa shape index (κ1) is 13.6. The first-order valence-electron chi connectivity index (χ1n) is 8.01. The quantitative estimate of drug-likeness (QED) is 0.352. The molecule has 4 aromatic carbocycles. The van der Waals surface area contributed by atoms with Crippen LogP contribution in [0.2, 0.25) is 0 Å². The summed E-state index contributed by atoms with van der Waals surface area (Å²) in [7, 11) is 0. The van der Waals surface area contributed by atoms with Gasteiger partial charge >= 0.3 is 0 Å². The molecule has 114 valence electrons. The summed E-state index contributed by atoms with van der Waals surface area (Å²) in [5.74, 6) is 0. The third-order valence-electron chi connectivity index (χ3n) is 4.63. The number of thiophene rings is 1. The number of nitrogens with two attached hydrogens (primary N) is 1. The topological polar surface area (TPSA) is 26.0 Å². The minimum atomic E-state index is 0.826. The zero-order valence-electron chi connectivity index (χ0n) is 13.0. The Kier molecular flexibility index (Phi) is 2.88. The molecule has 2 N–H and O–H groups in total. The van der Waals surface area contributed by atoms with Crippen molar-refractivity contribution in [1.29, 1.82) is 0 Å². The van der Waals surface area contributed by atoms with Crippen molar-refractivity contribution >= 4 is 48.0 Å². The molecule has 0 spiro atoms. The van der Waals surface area contributed by atoms with E-state index in [1.807, 2.05) is 23.5 Å². The maximum absolute atomic E-state index is 6.35. The minimum Gasteiger partial charge on any atom is -0.398 e. The molecule has 0 aliphatic heterocycles. The van der Waals surface area contributed by atoms with Crippen LogP contribution in [-0.2, 0) is 0 Å². The summed E-state index contributed by atoms with van der Waals surface area (Å²) >= 11 is 1.85. The van der Waals surface area contributed by atoms with Gasteiger partial charge in [0.05, 0.1) is 0 Å². The summed E-state index contributed by atoms with van der Waals surface area (Å²) in [4.78, 5) is 0. The van der Waals surface area contributed by atoms with E-state index >= 15 is 0 Å². The molecule has 0 bridgehead atoms. The fourth-order valence-corrected chi connectivity index (χ4v) is 4.69. The third kappa shape index (κ3) is 1.87. The fraction of sp³-hybridized carbons (Fsp3) is 0. The van der Waals surface area contributed by atoms with Gasteiger partial charge in [0.1, 0.15) is 0 Å². The predicted octanol–water partition coefficient (Wildman–Crippen LogP) is 6.46. The zero-order valence-corrected chi connectivity index (χ0v) is 13.8. The van der Waals surface area contributed by atoms with Crippen molar-refractivity contribution in [2.45, 2.75) is 0 Å². The first-order valence-corrected chi connectivity index (χ1v) is 8.82. The summed E-state index contributed by atoms with van der Waals surface area (Å²) < 4.78 is 2.66. The molecule has 0 saturated heterocycles. The average Bonchev–Trinajstić information content (AvgIpc) is 3.01. The molecule has 0 fully saturated rings. The van der Waals surface area contributed by atoms with Crippen molar-refractivity contribution in [3.8, 4) is 11.1 Å². The molecule has 5 rings (SSSR count). The van der Waals surface area contributed by atoms with E-state index in [1.54, 1.807) is 0 Å². The van der Waals surface area contributed by atoms with Crippen molar-refractivity contribution in [2.75, 3.05) is 5.73 Å². The first-order chi connectivity index (χ1) is 11.8. The van der Waals surface area contributed by atoms with Gasteiger partial charge in [-0.3, -0.25) is 0 Å². The highest BCUT2D eigenvalue weighted by molar-refractivity contribution is 7.26. The van der Waals surface area contributed by atoms with E-state index in [-0.39, 0.29) is 0 Å². The minimum absolute atomic E-state index is 0.826. The van der Waals surface area contributed by atoms with Crippen LogP contribution in [0.3, 0.4) is 0 Å². The standard InChI is InChI=1S/C22H15NS/c23-18-12-10-16-15(21(18)14-6-2-1-3-7-14)11-13-20-22(16)17-8-4-5-9-19(17)24-20/h1-13H,23H2. The molecule has 0 unspecified atom stereocenters. The van der Waals surface area contributed by atoms with Crippen LogP contribution < -0.4 is 5.73 Å². The second-order valence-corrected chi connectivity index (χ2v) is 7.11. The van der Waals surface area contributed by atoms with Gasteiger partial charge in [-0.1, -0.05) is 60.7 Å². The van der Waals surface area contributed by atoms with Gasteiger partial charge in [-0.2, -0.15) is 0 Å². The highest BCUT2D eigenvalue weighted by Crippen LogP contribution is 2.42. The molecule has 0 aliphatic rings. The predicted molar refractivity (Wildman–Crippen MR) is 107 cm³/mol. The lowest BCUT2D eigenvalue weighted by atomic mass is 9.94. The Morgan fingerprint density at radius 1 is 0.583 bits per heavy atom. The number of benzene rings is 4. The van der Waals surface area contributed by atoms with Crippen LogP contribution in [0.15, 0.2) is 78.9 Å². The fourth-order valence-electron chi connectivity index (χ4n) is 3.57. The Balaban J connectivity index is 1.98. The second kappa shape index (κ2) is 5.08. The van der Waals surface area contributed by atoms with Crippen LogP contribution in [0.5, 0.6) is 0 Å². The molecule has 1 heterocycles. The van der Waals surface area contributed by atoms with Gasteiger partial charge in [0.2, 0.25) is 0 Å². The lowest BCUT2D eigenvalue weighted by Crippen LogP contribution is -1.91. The van der Waals surface area contributed by atoms with Gasteiger partial charge in [-0.15, -0.1) is 11.3 Å². The Hall–Kier alpha value is -2.84. The maximum atomic E-state index is 6.35. The van der Waals surface area contributed by atoms with Crippen molar-refractivity contribution in [3.63, 3.8) is 0 Å². The lowest BCUT2D eigenvalue weighted by Gasteiger charge is -2.11. The molecule has 0 atom stereocenters. The Morgan fingerprint density at radius 2 is 1.33 bits per heavy atom. The van der Waals surface area contributed by atoms with Crippen molar-refractivity contribution in [2.24, 2.45) is 0 Å². The molecule has 0 saturated carbocycles. The smallest absolute Gasteiger partial charge is 0.0400 e. The monoisotopic (exact) mass is 325 g/mol. The number of rotatable bonds is 1. The van der Waals surface area contributed by atoms with Gasteiger partial charge in [0.25, 0.3) is 0 Å². The molecule has 24 heavy (non-hydrogen) atoms. The number of anilines is 1. The number of hydrogen-bond donors (Lipinski definition) is 1. The molecule has 1 aromatic heterocycles. The van der Waals surface area contributed by atoms with Crippen LogP contribution in [0, 0.1) is 0 Å². The van der Waals surface area contributed by atoms with Crippen LogP contribution in [0.1, 0.15) is 0 Å². The molecule has 0 aliphatic carbocycles. The number of fused-ring (bicyclic) bond motifs is 5. The summed E-state index contributed by atoms with van der Waals surface area (Å²) in [6, 6.07) is 27.7. The van der Waals surface area contributed by atoms with Crippen LogP contribution >= 0.6 is 11.3 Å². The summed E-state index contributed by atoms with van der Waals surface area (Å²) in [6.45, 7) is 0. The molecular formula is C22H15NS. The molecular weight excluding hydrogens is 310 g/mol. The normalized spacial score (nSPS) is 11.5. The molecule has 1 nitrogen and oxygen atoms in total. The van der Waals surface area contributed by atoms with Gasteiger partial charge in [-0.05, 0) is 34.5 Å². The van der Waals surface area contributed by atoms with Crippen LogP contribution in [0.4, 0.5) is 5.69 Å². The zero-order chi connectivity index (χ0) is 16.1. The van der Waals surface area contributed by atoms with Gasteiger partial charge in [-0.25, -0.2) is 0 Å². The van der Waals surface area contributed by atoms with Gasteiger partial charge in [0, 0.05) is 31.4 Å². The largest absolute Gasteiger partial charge is 0.398 e. The van der Waals surface area contributed by atoms with E-state index in [2.05, 4.69) is 66.7 Å². The maximum Gasteiger partial charge on any atom is 0.0400 e. The molecule has 0 amide bonds. The van der Waals surface area contributed by atoms with E-state index in [1.165, 1.54) is 36.5 Å². The summed E-state index contributed by atoms with van der Waals surface area (Å²) in [6.07, 6.45) is 0. The highest BCUT2D eigenvalue weighted by atomic mass is 32.1. The average molecular weight is 325 g/mol. The van der Waals surface area contributed by atoms with Crippen LogP contribution in [-0.4, -0.2) is 0 Å². The Bertz CT molecular complexity index is 1200. The Morgan fingerprint density at radius 3 is 2.21 bits per heavy atom. The van der Waals surface area contributed by atoms with E-state index in [0.717, 1.165) is 11.3 Å². The van der Waals surface area contributed by atoms with E-state index in [9.17, 15) is 0 Å². The highest BCUT2D eigenvalue weighted by Gasteiger charge is 2.13. The van der Waals surface area contributed by atoms with E-state index < -0.39 is 0 Å². The van der Waals surface area contributed by atoms with E-state index in [0.29, 0.717) is 0 Å².